The molecule has 28 heavy (non-hydrogen) atoms. The van der Waals surface area contributed by atoms with Gasteiger partial charge in [0.15, 0.2) is 9.84 Å². The van der Waals surface area contributed by atoms with E-state index < -0.39 is 39.0 Å². The van der Waals surface area contributed by atoms with E-state index in [4.69, 9.17) is 0 Å². The third kappa shape index (κ3) is 4.37. The van der Waals surface area contributed by atoms with Gasteiger partial charge in [-0.2, -0.15) is 0 Å². The summed E-state index contributed by atoms with van der Waals surface area (Å²) in [4.78, 5) is 24.4. The van der Waals surface area contributed by atoms with Gasteiger partial charge in [0.1, 0.15) is 17.3 Å². The average Bonchev–Trinajstić information content (AvgIpc) is 2.53. The van der Waals surface area contributed by atoms with E-state index in [-0.39, 0.29) is 5.54 Å². The molecule has 0 heterocycles. The second-order valence-corrected chi connectivity index (χ2v) is 10.9. The summed E-state index contributed by atoms with van der Waals surface area (Å²) in [5.74, 6) is -1.25. The molecule has 0 saturated heterocycles. The molecule has 4 bridgehead atoms. The van der Waals surface area contributed by atoms with Crippen LogP contribution in [0.5, 0.6) is 0 Å². The third-order valence-corrected chi connectivity index (χ3v) is 7.68. The van der Waals surface area contributed by atoms with Crippen LogP contribution in [0.4, 0.5) is 10.1 Å². The van der Waals surface area contributed by atoms with Crippen LogP contribution in [0.25, 0.3) is 0 Å². The van der Waals surface area contributed by atoms with Crippen molar-refractivity contribution in [2.75, 3.05) is 16.8 Å². The van der Waals surface area contributed by atoms with Crippen LogP contribution in [0, 0.1) is 23.6 Å². The van der Waals surface area contributed by atoms with Gasteiger partial charge in [-0.25, -0.2) is 12.8 Å². The monoisotopic (exact) mass is 408 g/mol. The Kier molecular flexibility index (Phi) is 4.93. The number of carbonyl (C=O) groups is 2. The van der Waals surface area contributed by atoms with E-state index in [1.807, 2.05) is 0 Å². The Morgan fingerprint density at radius 1 is 0.929 bits per heavy atom. The first-order chi connectivity index (χ1) is 13.2. The number of nitrogens with one attached hydrogen (secondary N) is 2. The van der Waals surface area contributed by atoms with Gasteiger partial charge in [0, 0.05) is 11.2 Å². The van der Waals surface area contributed by atoms with E-state index in [0.717, 1.165) is 19.3 Å². The normalized spacial score (nSPS) is 30.8. The lowest BCUT2D eigenvalue weighted by molar-refractivity contribution is -0.124. The molecule has 8 heteroatoms. The predicted molar refractivity (Wildman–Crippen MR) is 103 cm³/mol. The van der Waals surface area contributed by atoms with Gasteiger partial charge in [-0.05, 0) is 80.5 Å². The van der Waals surface area contributed by atoms with Crippen LogP contribution in [-0.2, 0) is 19.4 Å². The molecule has 4 fully saturated rings. The smallest absolute Gasteiger partial charge is 0.239 e. The molecule has 4 aliphatic rings. The lowest BCUT2D eigenvalue weighted by Crippen LogP contribution is -2.60. The summed E-state index contributed by atoms with van der Waals surface area (Å²) >= 11 is 0. The van der Waals surface area contributed by atoms with Crippen LogP contribution < -0.4 is 10.6 Å². The molecule has 2 N–H and O–H groups in total. The number of hydrogen-bond acceptors (Lipinski definition) is 4. The summed E-state index contributed by atoms with van der Waals surface area (Å²) in [6.45, 7) is 0. The van der Waals surface area contributed by atoms with Gasteiger partial charge in [-0.15, -0.1) is 0 Å². The quantitative estimate of drug-likeness (QED) is 0.755. The lowest BCUT2D eigenvalue weighted by Gasteiger charge is -2.56. The van der Waals surface area contributed by atoms with Crippen molar-refractivity contribution in [3.63, 3.8) is 0 Å². The Morgan fingerprint density at radius 2 is 1.43 bits per heavy atom. The second-order valence-electron chi connectivity index (χ2n) is 8.83. The van der Waals surface area contributed by atoms with E-state index in [1.54, 1.807) is 0 Å². The van der Waals surface area contributed by atoms with Crippen LogP contribution >= 0.6 is 0 Å². The highest BCUT2D eigenvalue weighted by atomic mass is 32.2. The molecule has 0 atom stereocenters. The summed E-state index contributed by atoms with van der Waals surface area (Å²) < 4.78 is 37.5. The molecule has 0 aliphatic heterocycles. The standard InChI is InChI=1S/C20H25FN2O4S/c21-16-1-3-17(4-2-16)22-18(24)11-28(26,27)12-19(25)23-20-8-13-5-14(9-20)7-15(6-13)10-20/h1-4,13-15H,5-12H2,(H,22,24)(H,23,25). The van der Waals surface area contributed by atoms with Crippen LogP contribution in [0.3, 0.4) is 0 Å². The fraction of sp³-hybridized carbons (Fsp3) is 0.600. The average molecular weight is 408 g/mol. The molecule has 6 nitrogen and oxygen atoms in total. The van der Waals surface area contributed by atoms with Crippen LogP contribution in [0.1, 0.15) is 38.5 Å². The molecular weight excluding hydrogens is 383 g/mol. The maximum absolute atomic E-state index is 12.9. The Labute approximate surface area is 164 Å². The van der Waals surface area contributed by atoms with Crippen molar-refractivity contribution < 1.29 is 22.4 Å². The number of sulfone groups is 1. The van der Waals surface area contributed by atoms with E-state index in [1.165, 1.54) is 43.5 Å². The van der Waals surface area contributed by atoms with Crippen molar-refractivity contribution in [2.45, 2.75) is 44.1 Å². The van der Waals surface area contributed by atoms with E-state index in [2.05, 4.69) is 10.6 Å². The van der Waals surface area contributed by atoms with Gasteiger partial charge in [-0.1, -0.05) is 0 Å². The molecule has 0 radical (unpaired) electrons. The first-order valence-corrected chi connectivity index (χ1v) is 11.6. The van der Waals surface area contributed by atoms with Crippen LogP contribution in [-0.4, -0.2) is 37.3 Å². The molecule has 152 valence electrons. The summed E-state index contributed by atoms with van der Waals surface area (Å²) in [6.07, 6.45) is 6.52. The highest BCUT2D eigenvalue weighted by Crippen LogP contribution is 2.55. The Balaban J connectivity index is 1.32. The SMILES string of the molecule is O=C(CS(=O)(=O)CC(=O)NC12CC3CC(CC(C3)C1)C2)Nc1ccc(F)cc1. The van der Waals surface area contributed by atoms with Crippen molar-refractivity contribution >= 4 is 27.3 Å². The molecule has 0 unspecified atom stereocenters. The largest absolute Gasteiger partial charge is 0.350 e. The molecule has 1 aromatic rings. The number of amides is 2. The van der Waals surface area contributed by atoms with Crippen molar-refractivity contribution in [1.29, 1.82) is 0 Å². The van der Waals surface area contributed by atoms with E-state index in [9.17, 15) is 22.4 Å². The summed E-state index contributed by atoms with van der Waals surface area (Å²) in [6, 6.07) is 5.03. The molecule has 0 spiro atoms. The fourth-order valence-corrected chi connectivity index (χ4v) is 6.82. The molecule has 5 rings (SSSR count). The molecule has 0 aromatic heterocycles. The zero-order valence-corrected chi connectivity index (χ0v) is 16.4. The van der Waals surface area contributed by atoms with Gasteiger partial charge in [0.05, 0.1) is 0 Å². The molecule has 4 saturated carbocycles. The minimum atomic E-state index is -3.89. The van der Waals surface area contributed by atoms with Crippen molar-refractivity contribution in [3.8, 4) is 0 Å². The summed E-state index contributed by atoms with van der Waals surface area (Å²) in [7, 11) is -3.89. The summed E-state index contributed by atoms with van der Waals surface area (Å²) in [5, 5.41) is 5.43. The van der Waals surface area contributed by atoms with Crippen molar-refractivity contribution in [1.82, 2.24) is 5.32 Å². The van der Waals surface area contributed by atoms with Crippen LogP contribution in [0.15, 0.2) is 24.3 Å². The highest BCUT2D eigenvalue weighted by molar-refractivity contribution is 7.92. The first-order valence-electron chi connectivity index (χ1n) is 9.77. The number of anilines is 1. The maximum Gasteiger partial charge on any atom is 0.239 e. The van der Waals surface area contributed by atoms with E-state index >= 15 is 0 Å². The Morgan fingerprint density at radius 3 is 1.96 bits per heavy atom. The third-order valence-electron chi connectivity index (χ3n) is 6.27. The number of rotatable bonds is 6. The predicted octanol–water partition coefficient (Wildman–Crippen LogP) is 2.26. The molecule has 1 aromatic carbocycles. The fourth-order valence-electron chi connectivity index (χ4n) is 5.78. The Hall–Kier alpha value is -1.96. The van der Waals surface area contributed by atoms with Crippen LogP contribution in [0.2, 0.25) is 0 Å². The number of carbonyl (C=O) groups excluding carboxylic acids is 2. The second kappa shape index (κ2) is 7.13. The zero-order valence-electron chi connectivity index (χ0n) is 15.6. The minimum Gasteiger partial charge on any atom is -0.350 e. The molecule has 2 amide bonds. The topological polar surface area (TPSA) is 92.3 Å². The molecule has 4 aliphatic carbocycles. The summed E-state index contributed by atoms with van der Waals surface area (Å²) in [5.41, 5.74) is 0.0529. The van der Waals surface area contributed by atoms with E-state index in [0.29, 0.717) is 23.4 Å². The van der Waals surface area contributed by atoms with Gasteiger partial charge >= 0.3 is 0 Å². The zero-order chi connectivity index (χ0) is 19.9. The Bertz CT molecular complexity index is 847. The number of benzene rings is 1. The molecular formula is C20H25FN2O4S. The van der Waals surface area contributed by atoms with Gasteiger partial charge in [0.2, 0.25) is 11.8 Å². The van der Waals surface area contributed by atoms with Gasteiger partial charge in [0.25, 0.3) is 0 Å². The number of halogens is 1. The highest BCUT2D eigenvalue weighted by Gasteiger charge is 2.51. The van der Waals surface area contributed by atoms with Crippen molar-refractivity contribution in [3.05, 3.63) is 30.1 Å². The maximum atomic E-state index is 12.9. The van der Waals surface area contributed by atoms with Gasteiger partial charge < -0.3 is 10.6 Å². The first kappa shape index (κ1) is 19.4. The van der Waals surface area contributed by atoms with Gasteiger partial charge in [-0.3, -0.25) is 9.59 Å². The minimum absolute atomic E-state index is 0.252. The van der Waals surface area contributed by atoms with Crippen molar-refractivity contribution in [2.24, 2.45) is 17.8 Å². The lowest BCUT2D eigenvalue weighted by atomic mass is 9.53. The number of hydrogen-bond donors (Lipinski definition) is 2.